The van der Waals surface area contributed by atoms with Crippen LogP contribution in [0.2, 0.25) is 0 Å². The van der Waals surface area contributed by atoms with Crippen LogP contribution >= 0.6 is 0 Å². The Hall–Kier alpha value is -1.51. The highest BCUT2D eigenvalue weighted by atomic mass is 16.1. The van der Waals surface area contributed by atoms with E-state index < -0.39 is 0 Å². The Morgan fingerprint density at radius 2 is 2.25 bits per heavy atom. The largest absolute Gasteiger partial charge is 0.399 e. The Balaban J connectivity index is 1.88. The molecule has 2 rings (SSSR count). The summed E-state index contributed by atoms with van der Waals surface area (Å²) in [5.74, 6) is 0.0844. The van der Waals surface area contributed by atoms with Crippen molar-refractivity contribution in [2.24, 2.45) is 5.41 Å². The fourth-order valence-electron chi connectivity index (χ4n) is 1.85. The number of nitrogens with one attached hydrogen (secondary N) is 1. The molecule has 1 aromatic rings. The second kappa shape index (κ2) is 3.81. The number of nitrogens with two attached hydrogens (primary N) is 1. The molecule has 1 amide bonds. The number of carbonyl (C=O) groups is 1. The van der Waals surface area contributed by atoms with Crippen molar-refractivity contribution in [3.05, 3.63) is 29.8 Å². The first-order chi connectivity index (χ1) is 7.47. The lowest BCUT2D eigenvalue weighted by molar-refractivity contribution is -0.120. The van der Waals surface area contributed by atoms with Gasteiger partial charge in [-0.15, -0.1) is 0 Å². The zero-order chi connectivity index (χ0) is 11.8. The molecule has 3 nitrogen and oxygen atoms in total. The van der Waals surface area contributed by atoms with Gasteiger partial charge in [-0.25, -0.2) is 0 Å². The molecule has 0 heterocycles. The van der Waals surface area contributed by atoms with Crippen molar-refractivity contribution in [1.82, 2.24) is 5.32 Å². The molecule has 1 fully saturated rings. The Labute approximate surface area is 96.0 Å². The van der Waals surface area contributed by atoms with Crippen LogP contribution in [0.4, 0.5) is 5.69 Å². The standard InChI is InChI=1S/C13H18N2O/c1-13(2)8-11(13)15-12(16)7-9-4-3-5-10(14)6-9/h3-6,11H,7-8,14H2,1-2H3,(H,15,16). The van der Waals surface area contributed by atoms with Gasteiger partial charge in [0.05, 0.1) is 6.42 Å². The molecule has 1 aromatic carbocycles. The van der Waals surface area contributed by atoms with E-state index in [1.165, 1.54) is 0 Å². The van der Waals surface area contributed by atoms with Crippen molar-refractivity contribution in [2.75, 3.05) is 5.73 Å². The van der Waals surface area contributed by atoms with Crippen LogP contribution in [0, 0.1) is 5.41 Å². The highest BCUT2D eigenvalue weighted by Crippen LogP contribution is 2.44. The monoisotopic (exact) mass is 218 g/mol. The third-order valence-electron chi connectivity index (χ3n) is 3.16. The first-order valence-corrected chi connectivity index (χ1v) is 5.61. The van der Waals surface area contributed by atoms with Crippen LogP contribution in [0.15, 0.2) is 24.3 Å². The fraction of sp³-hybridized carbons (Fsp3) is 0.462. The van der Waals surface area contributed by atoms with Crippen LogP contribution in [0.3, 0.4) is 0 Å². The van der Waals surface area contributed by atoms with Crippen molar-refractivity contribution >= 4 is 11.6 Å². The summed E-state index contributed by atoms with van der Waals surface area (Å²) in [6.07, 6.45) is 1.49. The lowest BCUT2D eigenvalue weighted by atomic mass is 10.1. The SMILES string of the molecule is CC1(C)CC1NC(=O)Cc1cccc(N)c1. The molecule has 1 saturated carbocycles. The van der Waals surface area contributed by atoms with Crippen LogP contribution in [-0.2, 0) is 11.2 Å². The summed E-state index contributed by atoms with van der Waals surface area (Å²) in [4.78, 5) is 11.7. The molecule has 1 aliphatic rings. The number of amides is 1. The van der Waals surface area contributed by atoms with Crippen molar-refractivity contribution in [2.45, 2.75) is 32.7 Å². The van der Waals surface area contributed by atoms with Crippen LogP contribution in [0.5, 0.6) is 0 Å². The van der Waals surface area contributed by atoms with Gasteiger partial charge in [0.25, 0.3) is 0 Å². The van der Waals surface area contributed by atoms with Gasteiger partial charge < -0.3 is 11.1 Å². The third-order valence-corrected chi connectivity index (χ3v) is 3.16. The van der Waals surface area contributed by atoms with E-state index in [1.807, 2.05) is 24.3 Å². The van der Waals surface area contributed by atoms with E-state index in [9.17, 15) is 4.79 Å². The van der Waals surface area contributed by atoms with E-state index in [4.69, 9.17) is 5.73 Å². The molecule has 0 aliphatic heterocycles. The van der Waals surface area contributed by atoms with Crippen LogP contribution in [0.1, 0.15) is 25.8 Å². The van der Waals surface area contributed by atoms with Gasteiger partial charge >= 0.3 is 0 Å². The highest BCUT2D eigenvalue weighted by molar-refractivity contribution is 5.79. The summed E-state index contributed by atoms with van der Waals surface area (Å²) in [6.45, 7) is 4.33. The molecular formula is C13H18N2O. The molecule has 1 atom stereocenters. The van der Waals surface area contributed by atoms with E-state index in [-0.39, 0.29) is 11.3 Å². The minimum Gasteiger partial charge on any atom is -0.399 e. The first-order valence-electron chi connectivity index (χ1n) is 5.61. The third kappa shape index (κ3) is 2.54. The Morgan fingerprint density at radius 1 is 1.56 bits per heavy atom. The topological polar surface area (TPSA) is 55.1 Å². The maximum absolute atomic E-state index is 11.7. The van der Waals surface area contributed by atoms with Crippen LogP contribution in [-0.4, -0.2) is 11.9 Å². The number of rotatable bonds is 3. The number of carbonyl (C=O) groups excluding carboxylic acids is 1. The molecule has 0 bridgehead atoms. The van der Waals surface area contributed by atoms with Crippen LogP contribution < -0.4 is 11.1 Å². The molecule has 1 aliphatic carbocycles. The second-order valence-corrected chi connectivity index (χ2v) is 5.23. The van der Waals surface area contributed by atoms with Gasteiger partial charge in [-0.05, 0) is 29.5 Å². The highest BCUT2D eigenvalue weighted by Gasteiger charge is 2.46. The Bertz CT molecular complexity index is 412. The molecular weight excluding hydrogens is 200 g/mol. The summed E-state index contributed by atoms with van der Waals surface area (Å²) in [7, 11) is 0. The average molecular weight is 218 g/mol. The fourth-order valence-corrected chi connectivity index (χ4v) is 1.85. The smallest absolute Gasteiger partial charge is 0.224 e. The minimum absolute atomic E-state index is 0.0844. The van der Waals surface area contributed by atoms with E-state index in [0.29, 0.717) is 18.2 Å². The minimum atomic E-state index is 0.0844. The number of nitrogen functional groups attached to an aromatic ring is 1. The number of benzene rings is 1. The van der Waals surface area contributed by atoms with Gasteiger partial charge in [-0.2, -0.15) is 0 Å². The molecule has 3 heteroatoms. The summed E-state index contributed by atoms with van der Waals surface area (Å²) in [6, 6.07) is 7.82. The van der Waals surface area contributed by atoms with Gasteiger partial charge in [0.1, 0.15) is 0 Å². The predicted octanol–water partition coefficient (Wildman–Crippen LogP) is 1.73. The van der Waals surface area contributed by atoms with E-state index in [2.05, 4.69) is 19.2 Å². The molecule has 0 spiro atoms. The zero-order valence-corrected chi connectivity index (χ0v) is 9.79. The Kier molecular flexibility index (Phi) is 2.62. The van der Waals surface area contributed by atoms with E-state index in [0.717, 1.165) is 12.0 Å². The molecule has 3 N–H and O–H groups in total. The number of hydrogen-bond acceptors (Lipinski definition) is 2. The van der Waals surface area contributed by atoms with Gasteiger partial charge in [-0.3, -0.25) is 4.79 Å². The molecule has 0 radical (unpaired) electrons. The van der Waals surface area contributed by atoms with Gasteiger partial charge in [0, 0.05) is 11.7 Å². The van der Waals surface area contributed by atoms with E-state index in [1.54, 1.807) is 0 Å². The van der Waals surface area contributed by atoms with Gasteiger partial charge in [0.15, 0.2) is 0 Å². The Morgan fingerprint density at radius 3 is 2.81 bits per heavy atom. The lowest BCUT2D eigenvalue weighted by Crippen LogP contribution is -2.29. The van der Waals surface area contributed by atoms with Gasteiger partial charge in [0.2, 0.25) is 5.91 Å². The van der Waals surface area contributed by atoms with Crippen molar-refractivity contribution in [3.8, 4) is 0 Å². The first kappa shape index (κ1) is 11.0. The molecule has 1 unspecified atom stereocenters. The maximum atomic E-state index is 11.7. The second-order valence-electron chi connectivity index (χ2n) is 5.23. The summed E-state index contributed by atoms with van der Waals surface area (Å²) in [5, 5.41) is 3.03. The lowest BCUT2D eigenvalue weighted by Gasteiger charge is -2.07. The van der Waals surface area contributed by atoms with Crippen molar-refractivity contribution < 1.29 is 4.79 Å². The maximum Gasteiger partial charge on any atom is 0.224 e. The molecule has 86 valence electrons. The zero-order valence-electron chi connectivity index (χ0n) is 9.79. The van der Waals surface area contributed by atoms with Crippen molar-refractivity contribution in [1.29, 1.82) is 0 Å². The van der Waals surface area contributed by atoms with Crippen molar-refractivity contribution in [3.63, 3.8) is 0 Å². The van der Waals surface area contributed by atoms with Crippen LogP contribution in [0.25, 0.3) is 0 Å². The van der Waals surface area contributed by atoms with E-state index >= 15 is 0 Å². The summed E-state index contributed by atoms with van der Waals surface area (Å²) in [5.41, 5.74) is 7.62. The number of hydrogen-bond donors (Lipinski definition) is 2. The predicted molar refractivity (Wildman–Crippen MR) is 64.9 cm³/mol. The molecule has 0 aromatic heterocycles. The molecule has 0 saturated heterocycles. The number of anilines is 1. The normalized spacial score (nSPS) is 21.5. The quantitative estimate of drug-likeness (QED) is 0.759. The summed E-state index contributed by atoms with van der Waals surface area (Å²) < 4.78 is 0. The van der Waals surface area contributed by atoms with Gasteiger partial charge in [-0.1, -0.05) is 26.0 Å². The average Bonchev–Trinajstić information content (AvgIpc) is 2.72. The summed E-state index contributed by atoms with van der Waals surface area (Å²) >= 11 is 0. The molecule has 16 heavy (non-hydrogen) atoms.